The number of carboxylic acids is 1. The molecule has 0 aromatic carbocycles. The van der Waals surface area contributed by atoms with Crippen LogP contribution >= 0.6 is 11.6 Å². The van der Waals surface area contributed by atoms with Gasteiger partial charge >= 0.3 is 5.97 Å². The second-order valence-corrected chi connectivity index (χ2v) is 1.17. The van der Waals surface area contributed by atoms with E-state index < -0.39 is 5.97 Å². The molecule has 0 bridgehead atoms. The zero-order valence-corrected chi connectivity index (χ0v) is 7.82. The van der Waals surface area contributed by atoms with Crippen molar-refractivity contribution in [2.45, 2.75) is 0 Å². The first-order chi connectivity index (χ1) is 2.64. The summed E-state index contributed by atoms with van der Waals surface area (Å²) >= 11 is 4.82. The summed E-state index contributed by atoms with van der Waals surface area (Å²) in [5.41, 5.74) is 0. The molecule has 0 rings (SSSR count). The molecule has 0 amide bonds. The molecule has 0 saturated heterocycles. The third-order valence-electron chi connectivity index (χ3n) is 0.232. The molecule has 0 atom stereocenters. The van der Waals surface area contributed by atoms with Crippen LogP contribution in [0.4, 0.5) is 0 Å². The maximum absolute atomic E-state index is 9.47. The van der Waals surface area contributed by atoms with Crippen LogP contribution in [0.5, 0.6) is 0 Å². The van der Waals surface area contributed by atoms with Crippen molar-refractivity contribution < 1.29 is 9.90 Å². The minimum absolute atomic E-state index is 0. The number of carbonyl (C=O) groups is 1. The second kappa shape index (κ2) is 5.28. The summed E-state index contributed by atoms with van der Waals surface area (Å²) < 4.78 is 0. The van der Waals surface area contributed by atoms with Crippen molar-refractivity contribution in [3.05, 3.63) is 11.6 Å². The van der Waals surface area contributed by atoms with Crippen LogP contribution < -0.4 is 0 Å². The molecule has 0 aliphatic carbocycles. The van der Waals surface area contributed by atoms with Crippen LogP contribution in [0, 0.1) is 0 Å². The normalized spacial score (nSPS) is 6.43. The summed E-state index contributed by atoms with van der Waals surface area (Å²) in [5, 5.41) is 7.41. The summed E-state index contributed by atoms with van der Waals surface area (Å²) in [6.07, 6.45) is 0. The molecule has 35 valence electrons. The third-order valence-corrected chi connectivity index (χ3v) is 0.394. The molecule has 0 unspecified atom stereocenters. The average Bonchev–Trinajstić information content (AvgIpc) is 1.36. The van der Waals surface area contributed by atoms with E-state index in [0.717, 1.165) is 0 Å². The Hall–Kier alpha value is 1.14. The van der Waals surface area contributed by atoms with E-state index >= 15 is 0 Å². The van der Waals surface area contributed by atoms with Gasteiger partial charge in [0.15, 0.2) is 0 Å². The van der Waals surface area contributed by atoms with Gasteiger partial charge in [0.2, 0.25) is 0 Å². The Kier molecular flexibility index (Phi) is 8.29. The molecule has 0 aliphatic heterocycles. The minimum atomic E-state index is -1.17. The van der Waals surface area contributed by atoms with Gasteiger partial charge in [-0.3, -0.25) is 0 Å². The zero-order chi connectivity index (χ0) is 5.15. The van der Waals surface area contributed by atoms with Crippen molar-refractivity contribution >= 4 is 69.0 Å². The van der Waals surface area contributed by atoms with E-state index in [1.165, 1.54) is 0 Å². The van der Waals surface area contributed by atoms with Crippen LogP contribution in [0.15, 0.2) is 11.6 Å². The second-order valence-electron chi connectivity index (χ2n) is 0.710. The number of rotatable bonds is 1. The molecule has 7 heavy (non-hydrogen) atoms. The van der Waals surface area contributed by atoms with Gasteiger partial charge in [-0.2, -0.15) is 0 Å². The molecule has 0 spiro atoms. The van der Waals surface area contributed by atoms with Gasteiger partial charge in [-0.25, -0.2) is 4.79 Å². The Morgan fingerprint density at radius 3 is 1.86 bits per heavy atom. The Morgan fingerprint density at radius 1 is 1.71 bits per heavy atom. The standard InChI is InChI=1S/C3H3ClO2.K/c1-2(4)3(5)6;/h1H2,(H,5,6);. The molecule has 0 saturated carbocycles. The zero-order valence-electron chi connectivity index (χ0n) is 3.94. The van der Waals surface area contributed by atoms with Gasteiger partial charge in [-0.1, -0.05) is 18.2 Å². The Balaban J connectivity index is 0. The van der Waals surface area contributed by atoms with Gasteiger partial charge in [0, 0.05) is 51.4 Å². The Morgan fingerprint density at radius 2 is 1.86 bits per heavy atom. The first-order valence-corrected chi connectivity index (χ1v) is 1.60. The topological polar surface area (TPSA) is 37.3 Å². The monoisotopic (exact) mass is 145 g/mol. The van der Waals surface area contributed by atoms with Gasteiger partial charge in [-0.05, 0) is 0 Å². The quantitative estimate of drug-likeness (QED) is 0.430. The molecule has 0 heterocycles. The van der Waals surface area contributed by atoms with Crippen molar-refractivity contribution in [3.8, 4) is 0 Å². The van der Waals surface area contributed by atoms with Crippen LogP contribution in [-0.4, -0.2) is 62.5 Å². The fourth-order valence-electron chi connectivity index (χ4n) is 0. The first-order valence-electron chi connectivity index (χ1n) is 1.22. The summed E-state index contributed by atoms with van der Waals surface area (Å²) in [4.78, 5) is 9.47. The van der Waals surface area contributed by atoms with Gasteiger partial charge in [0.05, 0.1) is 0 Å². The van der Waals surface area contributed by atoms with E-state index in [4.69, 9.17) is 16.7 Å². The van der Waals surface area contributed by atoms with E-state index in [-0.39, 0.29) is 56.4 Å². The third kappa shape index (κ3) is 7.14. The van der Waals surface area contributed by atoms with E-state index in [2.05, 4.69) is 6.58 Å². The molecule has 4 heteroatoms. The SMILES string of the molecule is C=C(Cl)C(=O)O.[K]. The molecular weight excluding hydrogens is 143 g/mol. The van der Waals surface area contributed by atoms with Crippen molar-refractivity contribution in [3.63, 3.8) is 0 Å². The Bertz CT molecular complexity index is 78.9. The van der Waals surface area contributed by atoms with Gasteiger partial charge < -0.3 is 5.11 Å². The van der Waals surface area contributed by atoms with E-state index in [1.54, 1.807) is 0 Å². The fourth-order valence-corrected chi connectivity index (χ4v) is 0. The summed E-state index contributed by atoms with van der Waals surface area (Å²) in [7, 11) is 0. The summed E-state index contributed by atoms with van der Waals surface area (Å²) in [6, 6.07) is 0. The van der Waals surface area contributed by atoms with Crippen LogP contribution in [0.25, 0.3) is 0 Å². The molecular formula is C3H3ClKO2. The molecule has 0 aliphatic rings. The fraction of sp³-hybridized carbons (Fsp3) is 0. The van der Waals surface area contributed by atoms with E-state index in [0.29, 0.717) is 0 Å². The van der Waals surface area contributed by atoms with Gasteiger partial charge in [0.25, 0.3) is 0 Å². The number of carboxylic acid groups (broad SMARTS) is 1. The average molecular weight is 146 g/mol. The molecule has 0 aromatic heterocycles. The van der Waals surface area contributed by atoms with Gasteiger partial charge in [-0.15, -0.1) is 0 Å². The molecule has 1 radical (unpaired) electrons. The molecule has 0 aromatic rings. The minimum Gasteiger partial charge on any atom is -0.477 e. The van der Waals surface area contributed by atoms with Gasteiger partial charge in [0.1, 0.15) is 5.03 Å². The maximum atomic E-state index is 9.47. The van der Waals surface area contributed by atoms with Crippen molar-refractivity contribution in [1.82, 2.24) is 0 Å². The molecule has 1 N–H and O–H groups in total. The number of halogens is 1. The van der Waals surface area contributed by atoms with Crippen molar-refractivity contribution in [1.29, 1.82) is 0 Å². The smallest absolute Gasteiger partial charge is 0.346 e. The largest absolute Gasteiger partial charge is 0.477 e. The number of hydrogen-bond acceptors (Lipinski definition) is 1. The van der Waals surface area contributed by atoms with Crippen molar-refractivity contribution in [2.24, 2.45) is 0 Å². The number of aliphatic carboxylic acids is 1. The first kappa shape index (κ1) is 11.0. The van der Waals surface area contributed by atoms with Crippen LogP contribution in [0.3, 0.4) is 0 Å². The predicted octanol–water partition coefficient (Wildman–Crippen LogP) is 0.443. The summed E-state index contributed by atoms with van der Waals surface area (Å²) in [6.45, 7) is 2.92. The van der Waals surface area contributed by atoms with Crippen molar-refractivity contribution in [2.75, 3.05) is 0 Å². The van der Waals surface area contributed by atoms with Crippen LogP contribution in [0.2, 0.25) is 0 Å². The summed E-state index contributed by atoms with van der Waals surface area (Å²) in [5.74, 6) is -1.17. The number of hydrogen-bond donors (Lipinski definition) is 1. The van der Waals surface area contributed by atoms with E-state index in [1.807, 2.05) is 0 Å². The van der Waals surface area contributed by atoms with Crippen LogP contribution in [-0.2, 0) is 4.79 Å². The molecule has 2 nitrogen and oxygen atoms in total. The Labute approximate surface area is 89.0 Å². The maximum Gasteiger partial charge on any atom is 0.346 e. The van der Waals surface area contributed by atoms with Crippen LogP contribution in [0.1, 0.15) is 0 Å². The predicted molar refractivity (Wildman–Crippen MR) is 28.4 cm³/mol. The molecule has 0 fully saturated rings. The van der Waals surface area contributed by atoms with E-state index in [9.17, 15) is 4.79 Å².